The summed E-state index contributed by atoms with van der Waals surface area (Å²) in [6.45, 7) is 7.69. The second-order valence-electron chi connectivity index (χ2n) is 3.22. The molecule has 1 N–H and O–H groups in total. The molecular formula is C13H20FNO2. The van der Waals surface area contributed by atoms with Gasteiger partial charge in [0.2, 0.25) is 5.91 Å². The van der Waals surface area contributed by atoms with Crippen LogP contribution in [0, 0.1) is 0 Å². The average molecular weight is 241 g/mol. The number of hydrogen-bond acceptors (Lipinski definition) is 2. The lowest BCUT2D eigenvalue weighted by atomic mass is 10.2. The Morgan fingerprint density at radius 2 is 2.35 bits per heavy atom. The molecule has 0 bridgehead atoms. The van der Waals surface area contributed by atoms with E-state index >= 15 is 0 Å². The Bertz CT molecular complexity index is 298. The van der Waals surface area contributed by atoms with E-state index < -0.39 is 5.83 Å². The molecule has 1 saturated heterocycles. The van der Waals surface area contributed by atoms with Crippen LogP contribution in [0.4, 0.5) is 4.39 Å². The highest BCUT2D eigenvalue weighted by molar-refractivity contribution is 5.78. The fourth-order valence-electron chi connectivity index (χ4n) is 1.23. The van der Waals surface area contributed by atoms with Gasteiger partial charge in [-0.05, 0) is 24.6 Å². The first-order valence-corrected chi connectivity index (χ1v) is 5.78. The monoisotopic (exact) mass is 241 g/mol. The number of ether oxygens (including phenoxy) is 1. The van der Waals surface area contributed by atoms with Crippen molar-refractivity contribution in [2.75, 3.05) is 6.61 Å². The van der Waals surface area contributed by atoms with Gasteiger partial charge in [0.1, 0.15) is 12.4 Å². The van der Waals surface area contributed by atoms with Crippen LogP contribution in [-0.4, -0.2) is 18.6 Å². The number of amides is 1. The van der Waals surface area contributed by atoms with Crippen LogP contribution < -0.4 is 5.32 Å². The van der Waals surface area contributed by atoms with E-state index in [1.54, 1.807) is 0 Å². The molecular weight excluding hydrogens is 221 g/mol. The average Bonchev–Trinajstić information content (AvgIpc) is 2.77. The zero-order valence-electron chi connectivity index (χ0n) is 10.4. The topological polar surface area (TPSA) is 38.3 Å². The molecule has 1 aliphatic rings. The van der Waals surface area contributed by atoms with E-state index in [4.69, 9.17) is 4.74 Å². The minimum absolute atomic E-state index is 0.0603. The lowest BCUT2D eigenvalue weighted by Crippen LogP contribution is -2.28. The quantitative estimate of drug-likeness (QED) is 0.593. The highest BCUT2D eigenvalue weighted by Gasteiger charge is 2.20. The smallest absolute Gasteiger partial charge is 0.220 e. The molecule has 96 valence electrons. The fraction of sp³-hybridized carbons (Fsp3) is 0.462. The van der Waals surface area contributed by atoms with Crippen LogP contribution in [-0.2, 0) is 9.53 Å². The molecule has 0 aromatic heterocycles. The zero-order valence-corrected chi connectivity index (χ0v) is 10.4. The molecule has 0 saturated carbocycles. The maximum Gasteiger partial charge on any atom is 0.220 e. The molecule has 1 amide bonds. The number of hydrogen-bond donors (Lipinski definition) is 1. The maximum absolute atomic E-state index is 12.5. The van der Waals surface area contributed by atoms with Crippen molar-refractivity contribution < 1.29 is 13.9 Å². The van der Waals surface area contributed by atoms with Gasteiger partial charge in [0, 0.05) is 6.42 Å². The summed E-state index contributed by atoms with van der Waals surface area (Å²) in [6.07, 6.45) is 6.56. The summed E-state index contributed by atoms with van der Waals surface area (Å²) >= 11 is 0. The van der Waals surface area contributed by atoms with Crippen LogP contribution in [0.15, 0.2) is 36.9 Å². The third kappa shape index (κ3) is 7.33. The van der Waals surface area contributed by atoms with Gasteiger partial charge in [-0.25, -0.2) is 4.39 Å². The molecule has 0 aliphatic carbocycles. The van der Waals surface area contributed by atoms with Gasteiger partial charge in [-0.3, -0.25) is 4.79 Å². The molecule has 1 aliphatic heterocycles. The van der Waals surface area contributed by atoms with Gasteiger partial charge in [-0.2, -0.15) is 0 Å². The van der Waals surface area contributed by atoms with Gasteiger partial charge in [-0.1, -0.05) is 20.4 Å². The molecule has 1 atom stereocenters. The SMILES string of the molecule is C=C/C(F)=C\C=C\OCC1CCC(=O)N1.CC. The molecule has 1 heterocycles. The van der Waals surface area contributed by atoms with Crippen LogP contribution >= 0.6 is 0 Å². The lowest BCUT2D eigenvalue weighted by molar-refractivity contribution is -0.119. The van der Waals surface area contributed by atoms with Gasteiger partial charge < -0.3 is 10.1 Å². The molecule has 17 heavy (non-hydrogen) atoms. The predicted octanol–water partition coefficient (Wildman–Crippen LogP) is 2.86. The molecule has 0 aromatic rings. The zero-order chi connectivity index (χ0) is 13.1. The highest BCUT2D eigenvalue weighted by Crippen LogP contribution is 2.06. The van der Waals surface area contributed by atoms with Crippen LogP contribution in [0.5, 0.6) is 0 Å². The van der Waals surface area contributed by atoms with E-state index in [2.05, 4.69) is 11.9 Å². The predicted molar refractivity (Wildman–Crippen MR) is 67.0 cm³/mol. The molecule has 0 aromatic carbocycles. The Hall–Kier alpha value is -1.58. The summed E-state index contributed by atoms with van der Waals surface area (Å²) in [5.74, 6) is -0.353. The minimum Gasteiger partial charge on any atom is -0.499 e. The second kappa shape index (κ2) is 9.63. The van der Waals surface area contributed by atoms with Crippen molar-refractivity contribution in [3.8, 4) is 0 Å². The molecule has 0 radical (unpaired) electrons. The maximum atomic E-state index is 12.5. The van der Waals surface area contributed by atoms with Crippen LogP contribution in [0.3, 0.4) is 0 Å². The van der Waals surface area contributed by atoms with Crippen molar-refractivity contribution in [3.05, 3.63) is 36.9 Å². The summed E-state index contributed by atoms with van der Waals surface area (Å²) in [5.41, 5.74) is 0. The summed E-state index contributed by atoms with van der Waals surface area (Å²) < 4.78 is 17.6. The highest BCUT2D eigenvalue weighted by atomic mass is 19.1. The van der Waals surface area contributed by atoms with E-state index in [1.165, 1.54) is 18.4 Å². The number of halogens is 1. The van der Waals surface area contributed by atoms with Crippen LogP contribution in [0.2, 0.25) is 0 Å². The van der Waals surface area contributed by atoms with Gasteiger partial charge >= 0.3 is 0 Å². The third-order valence-corrected chi connectivity index (χ3v) is 2.01. The fourth-order valence-corrected chi connectivity index (χ4v) is 1.23. The summed E-state index contributed by atoms with van der Waals surface area (Å²) in [6, 6.07) is 0.0791. The van der Waals surface area contributed by atoms with Crippen molar-refractivity contribution in [2.24, 2.45) is 0 Å². The van der Waals surface area contributed by atoms with Crippen molar-refractivity contribution in [2.45, 2.75) is 32.7 Å². The van der Waals surface area contributed by atoms with Gasteiger partial charge in [0.05, 0.1) is 12.3 Å². The lowest BCUT2D eigenvalue weighted by Gasteiger charge is -2.07. The first-order chi connectivity index (χ1) is 8.22. The second-order valence-corrected chi connectivity index (χ2v) is 3.22. The van der Waals surface area contributed by atoms with E-state index in [0.29, 0.717) is 13.0 Å². The number of rotatable bonds is 5. The number of carbonyl (C=O) groups excluding carboxylic acids is 1. The van der Waals surface area contributed by atoms with Crippen molar-refractivity contribution in [1.82, 2.24) is 5.32 Å². The van der Waals surface area contributed by atoms with Crippen molar-refractivity contribution in [3.63, 3.8) is 0 Å². The van der Waals surface area contributed by atoms with Gasteiger partial charge in [0.15, 0.2) is 0 Å². The van der Waals surface area contributed by atoms with Gasteiger partial charge in [0.25, 0.3) is 0 Å². The Balaban J connectivity index is 0.00000121. The molecule has 1 fully saturated rings. The Kier molecular flexibility index (Phi) is 8.74. The van der Waals surface area contributed by atoms with E-state index in [-0.39, 0.29) is 11.9 Å². The number of allylic oxidation sites excluding steroid dienone is 4. The normalized spacial score (nSPS) is 19.6. The summed E-state index contributed by atoms with van der Waals surface area (Å²) in [4.78, 5) is 10.8. The molecule has 4 heteroatoms. The first-order valence-electron chi connectivity index (χ1n) is 5.78. The Morgan fingerprint density at radius 3 is 2.88 bits per heavy atom. The Morgan fingerprint density at radius 1 is 1.65 bits per heavy atom. The third-order valence-electron chi connectivity index (χ3n) is 2.01. The number of nitrogens with one attached hydrogen (secondary N) is 1. The summed E-state index contributed by atoms with van der Waals surface area (Å²) in [5, 5.41) is 2.76. The standard InChI is InChI=1S/C11H14FNO2.C2H6/c1-2-9(12)4-3-7-15-8-10-5-6-11(14)13-10;1-2/h2-4,7,10H,1,5-6,8H2,(H,13,14);1-2H3/b7-3+,9-4+;. The van der Waals surface area contributed by atoms with E-state index in [1.807, 2.05) is 13.8 Å². The van der Waals surface area contributed by atoms with Crippen LogP contribution in [0.1, 0.15) is 26.7 Å². The van der Waals surface area contributed by atoms with Crippen molar-refractivity contribution in [1.29, 1.82) is 0 Å². The van der Waals surface area contributed by atoms with E-state index in [0.717, 1.165) is 12.5 Å². The van der Waals surface area contributed by atoms with Crippen molar-refractivity contribution >= 4 is 5.91 Å². The Labute approximate surface area is 102 Å². The van der Waals surface area contributed by atoms with Crippen LogP contribution in [0.25, 0.3) is 0 Å². The molecule has 1 unspecified atom stereocenters. The molecule has 1 rings (SSSR count). The minimum atomic E-state index is -0.413. The van der Waals surface area contributed by atoms with Gasteiger partial charge in [-0.15, -0.1) is 0 Å². The van der Waals surface area contributed by atoms with E-state index in [9.17, 15) is 9.18 Å². The number of carbonyl (C=O) groups is 1. The molecule has 0 spiro atoms. The summed E-state index contributed by atoms with van der Waals surface area (Å²) in [7, 11) is 0. The molecule has 3 nitrogen and oxygen atoms in total. The largest absolute Gasteiger partial charge is 0.499 e. The first kappa shape index (κ1) is 15.4.